The molecule has 0 saturated carbocycles. The molecule has 0 spiro atoms. The van der Waals surface area contributed by atoms with E-state index >= 15 is 0 Å². The van der Waals surface area contributed by atoms with Crippen LogP contribution in [0.5, 0.6) is 0 Å². The molecule has 2 atom stereocenters. The Hall–Kier alpha value is -2.44. The molecule has 0 N–H and O–H groups in total. The van der Waals surface area contributed by atoms with Crippen molar-refractivity contribution in [3.63, 3.8) is 0 Å². The summed E-state index contributed by atoms with van der Waals surface area (Å²) in [5, 5.41) is 0. The van der Waals surface area contributed by atoms with Crippen molar-refractivity contribution in [1.29, 1.82) is 0 Å². The molecule has 2 aromatic carbocycles. The van der Waals surface area contributed by atoms with Gasteiger partial charge >= 0.3 is 5.97 Å². The summed E-state index contributed by atoms with van der Waals surface area (Å²) in [5.41, 5.74) is 3.32. The van der Waals surface area contributed by atoms with Crippen LogP contribution in [0.15, 0.2) is 48.5 Å². The van der Waals surface area contributed by atoms with Crippen LogP contribution in [-0.2, 0) is 16.1 Å². The summed E-state index contributed by atoms with van der Waals surface area (Å²) >= 11 is 0. The molecule has 4 rings (SSSR count). The largest absolute Gasteiger partial charge is 0.469 e. The highest BCUT2D eigenvalue weighted by Gasteiger charge is 2.35. The van der Waals surface area contributed by atoms with Crippen LogP contribution >= 0.6 is 0 Å². The van der Waals surface area contributed by atoms with E-state index in [2.05, 4.69) is 45.9 Å². The molecule has 33 heavy (non-hydrogen) atoms. The van der Waals surface area contributed by atoms with E-state index in [1.807, 2.05) is 12.1 Å². The number of halogens is 1. The number of aryl methyl sites for hydroxylation is 1. The highest BCUT2D eigenvalue weighted by molar-refractivity contribution is 5.69. The monoisotopic (exact) mass is 453 g/mol. The normalized spacial score (nSPS) is 22.3. The summed E-state index contributed by atoms with van der Waals surface area (Å²) in [4.78, 5) is 19.1. The minimum absolute atomic E-state index is 0.131. The number of carbonyl (C=O) groups is 1. The molecule has 2 aliphatic heterocycles. The van der Waals surface area contributed by atoms with Gasteiger partial charge in [-0.1, -0.05) is 42.0 Å². The lowest BCUT2D eigenvalue weighted by atomic mass is 9.86. The average molecular weight is 454 g/mol. The number of hydrogen-bond donors (Lipinski definition) is 0. The van der Waals surface area contributed by atoms with Crippen LogP contribution in [-0.4, -0.2) is 68.2 Å². The van der Waals surface area contributed by atoms with Gasteiger partial charge in [-0.2, -0.15) is 0 Å². The Morgan fingerprint density at radius 1 is 1.03 bits per heavy atom. The molecule has 0 aliphatic carbocycles. The quantitative estimate of drug-likeness (QED) is 0.590. The Bertz CT molecular complexity index is 912. The van der Waals surface area contributed by atoms with Gasteiger partial charge in [0.1, 0.15) is 5.82 Å². The predicted octanol–water partition coefficient (Wildman–Crippen LogP) is 4.10. The fraction of sp³-hybridized carbons (Fsp3) is 0.519. The van der Waals surface area contributed by atoms with E-state index in [0.29, 0.717) is 24.1 Å². The molecule has 178 valence electrons. The van der Waals surface area contributed by atoms with Crippen molar-refractivity contribution >= 4 is 11.7 Å². The zero-order valence-electron chi connectivity index (χ0n) is 19.9. The van der Waals surface area contributed by atoms with Crippen molar-refractivity contribution in [1.82, 2.24) is 9.80 Å². The van der Waals surface area contributed by atoms with E-state index in [0.717, 1.165) is 58.7 Å². The third-order valence-electron chi connectivity index (χ3n) is 7.23. The second kappa shape index (κ2) is 11.1. The smallest absolute Gasteiger partial charge is 0.305 e. The zero-order valence-corrected chi connectivity index (χ0v) is 19.9. The molecule has 0 radical (unpaired) electrons. The molecule has 5 nitrogen and oxygen atoms in total. The van der Waals surface area contributed by atoms with E-state index in [1.54, 1.807) is 6.07 Å². The number of piperazine rings is 1. The van der Waals surface area contributed by atoms with Crippen molar-refractivity contribution < 1.29 is 13.9 Å². The highest BCUT2D eigenvalue weighted by Crippen LogP contribution is 2.29. The number of hydrogen-bond acceptors (Lipinski definition) is 5. The van der Waals surface area contributed by atoms with Gasteiger partial charge in [-0.05, 0) is 49.9 Å². The SMILES string of the molecule is COC(=O)CC[C@@H]1CN(Cc2ccc(C)cc2)CC[C@@H]1N1CCN(c2ccccc2F)CC1. The van der Waals surface area contributed by atoms with Crippen LogP contribution in [0.4, 0.5) is 10.1 Å². The first-order valence-corrected chi connectivity index (χ1v) is 12.1. The first-order chi connectivity index (χ1) is 16.0. The standard InChI is InChI=1S/C27H36FN3O2/c1-21-7-9-22(10-8-21)19-29-14-13-25(23(20-29)11-12-27(32)33-2)30-15-17-31(18-16-30)26-6-4-3-5-24(26)28/h3-10,23,25H,11-20H2,1-2H3/t23-,25+/m1/s1. The number of para-hydroxylation sites is 1. The zero-order chi connectivity index (χ0) is 23.2. The summed E-state index contributed by atoms with van der Waals surface area (Å²) < 4.78 is 19.2. The van der Waals surface area contributed by atoms with Crippen LogP contribution in [0.3, 0.4) is 0 Å². The van der Waals surface area contributed by atoms with Gasteiger partial charge in [0.25, 0.3) is 0 Å². The van der Waals surface area contributed by atoms with Gasteiger partial charge in [0.2, 0.25) is 0 Å². The lowest BCUT2D eigenvalue weighted by Gasteiger charge is -2.47. The lowest BCUT2D eigenvalue weighted by molar-refractivity contribution is -0.141. The van der Waals surface area contributed by atoms with Crippen molar-refractivity contribution in [2.24, 2.45) is 5.92 Å². The molecule has 2 saturated heterocycles. The predicted molar refractivity (Wildman–Crippen MR) is 130 cm³/mol. The number of piperidine rings is 1. The summed E-state index contributed by atoms with van der Waals surface area (Å²) in [6.45, 7) is 8.61. The van der Waals surface area contributed by atoms with E-state index in [-0.39, 0.29) is 11.8 Å². The molecule has 2 fully saturated rings. The first kappa shape index (κ1) is 23.7. The highest BCUT2D eigenvalue weighted by atomic mass is 19.1. The van der Waals surface area contributed by atoms with Crippen molar-refractivity contribution in [2.45, 2.75) is 38.8 Å². The summed E-state index contributed by atoms with van der Waals surface area (Å²) in [6.07, 6.45) is 2.40. The molecule has 2 aliphatic rings. The van der Waals surface area contributed by atoms with Gasteiger partial charge in [0.05, 0.1) is 12.8 Å². The molecule has 2 heterocycles. The van der Waals surface area contributed by atoms with Crippen LogP contribution in [0.1, 0.15) is 30.4 Å². The fourth-order valence-electron chi connectivity index (χ4n) is 5.36. The molecule has 0 unspecified atom stereocenters. The van der Waals surface area contributed by atoms with Crippen molar-refractivity contribution in [3.05, 3.63) is 65.5 Å². The number of carbonyl (C=O) groups excluding carboxylic acids is 1. The van der Waals surface area contributed by atoms with Gasteiger partial charge in [-0.15, -0.1) is 0 Å². The van der Waals surface area contributed by atoms with E-state index < -0.39 is 0 Å². The maximum absolute atomic E-state index is 14.2. The number of ether oxygens (including phenoxy) is 1. The van der Waals surface area contributed by atoms with Crippen LogP contribution in [0.2, 0.25) is 0 Å². The van der Waals surface area contributed by atoms with Gasteiger partial charge in [0, 0.05) is 51.7 Å². The first-order valence-electron chi connectivity index (χ1n) is 12.1. The number of anilines is 1. The van der Waals surface area contributed by atoms with Crippen molar-refractivity contribution in [2.75, 3.05) is 51.3 Å². The minimum Gasteiger partial charge on any atom is -0.469 e. The molecule has 0 aromatic heterocycles. The topological polar surface area (TPSA) is 36.0 Å². The number of benzene rings is 2. The number of methoxy groups -OCH3 is 1. The molecule has 0 bridgehead atoms. The maximum atomic E-state index is 14.2. The second-order valence-corrected chi connectivity index (χ2v) is 9.43. The Labute approximate surface area is 197 Å². The lowest BCUT2D eigenvalue weighted by Crippen LogP contribution is -2.56. The Morgan fingerprint density at radius 2 is 1.76 bits per heavy atom. The van der Waals surface area contributed by atoms with E-state index in [4.69, 9.17) is 4.74 Å². The minimum atomic E-state index is -0.147. The van der Waals surface area contributed by atoms with Crippen LogP contribution in [0, 0.1) is 18.7 Å². The summed E-state index contributed by atoms with van der Waals surface area (Å²) in [7, 11) is 1.46. The maximum Gasteiger partial charge on any atom is 0.305 e. The molecule has 2 aromatic rings. The second-order valence-electron chi connectivity index (χ2n) is 9.43. The van der Waals surface area contributed by atoms with Gasteiger partial charge in [-0.25, -0.2) is 4.39 Å². The number of rotatable bonds is 7. The Kier molecular flexibility index (Phi) is 7.99. The number of likely N-dealkylation sites (tertiary alicyclic amines) is 1. The molecular formula is C27H36FN3O2. The Morgan fingerprint density at radius 3 is 2.45 bits per heavy atom. The third kappa shape index (κ3) is 6.12. The Balaban J connectivity index is 1.39. The van der Waals surface area contributed by atoms with Crippen molar-refractivity contribution in [3.8, 4) is 0 Å². The number of esters is 1. The molecular weight excluding hydrogens is 417 g/mol. The third-order valence-corrected chi connectivity index (χ3v) is 7.23. The number of nitrogens with zero attached hydrogens (tertiary/aromatic N) is 3. The van der Waals surface area contributed by atoms with Gasteiger partial charge < -0.3 is 9.64 Å². The van der Waals surface area contributed by atoms with Gasteiger partial charge in [-0.3, -0.25) is 14.6 Å². The van der Waals surface area contributed by atoms with Crippen LogP contribution < -0.4 is 4.90 Å². The molecule has 0 amide bonds. The van der Waals surface area contributed by atoms with E-state index in [1.165, 1.54) is 24.3 Å². The molecule has 6 heteroatoms. The van der Waals surface area contributed by atoms with E-state index in [9.17, 15) is 9.18 Å². The average Bonchev–Trinajstić information content (AvgIpc) is 2.84. The summed E-state index contributed by atoms with van der Waals surface area (Å²) in [6, 6.07) is 16.3. The van der Waals surface area contributed by atoms with Gasteiger partial charge in [0.15, 0.2) is 0 Å². The van der Waals surface area contributed by atoms with Crippen LogP contribution in [0.25, 0.3) is 0 Å². The fourth-order valence-corrected chi connectivity index (χ4v) is 5.36. The summed E-state index contributed by atoms with van der Waals surface area (Å²) in [5.74, 6) is 0.142.